The number of alkyl halides is 3. The highest BCUT2D eigenvalue weighted by atomic mass is 19.4. The number of piperazine rings is 1. The third-order valence-corrected chi connectivity index (χ3v) is 8.45. The van der Waals surface area contributed by atoms with Gasteiger partial charge in [0.05, 0.1) is 31.6 Å². The summed E-state index contributed by atoms with van der Waals surface area (Å²) in [4.78, 5) is 25.2. The highest BCUT2D eigenvalue weighted by Gasteiger charge is 2.53. The molecule has 4 aliphatic rings. The van der Waals surface area contributed by atoms with Gasteiger partial charge in [0.2, 0.25) is 5.91 Å². The van der Waals surface area contributed by atoms with Crippen molar-refractivity contribution in [1.29, 1.82) is 0 Å². The fourth-order valence-electron chi connectivity index (χ4n) is 6.46. The molecule has 0 unspecified atom stereocenters. The average Bonchev–Trinajstić information content (AvgIpc) is 3.59. The number of aromatic nitrogens is 2. The molecule has 5 rings (SSSR count). The number of carbonyl (C=O) groups excluding carboxylic acids is 1. The van der Waals surface area contributed by atoms with E-state index in [0.29, 0.717) is 26.3 Å². The topological polar surface area (TPSA) is 79.8 Å². The molecule has 1 aliphatic carbocycles. The normalized spacial score (nSPS) is 35.5. The summed E-state index contributed by atoms with van der Waals surface area (Å²) in [6, 6.07) is 1.26. The van der Waals surface area contributed by atoms with E-state index in [4.69, 9.17) is 10.8 Å². The predicted molar refractivity (Wildman–Crippen MR) is 122 cm³/mol. The van der Waals surface area contributed by atoms with Gasteiger partial charge >= 0.3 is 6.18 Å². The highest BCUT2D eigenvalue weighted by molar-refractivity contribution is 5.84. The molecule has 194 valence electrons. The number of ether oxygens (including phenoxy) is 2. The van der Waals surface area contributed by atoms with Gasteiger partial charge in [-0.2, -0.15) is 13.2 Å². The van der Waals surface area contributed by atoms with Crippen LogP contribution in [0.15, 0.2) is 12.4 Å². The zero-order chi connectivity index (χ0) is 25.5. The van der Waals surface area contributed by atoms with Gasteiger partial charge in [-0.05, 0) is 38.5 Å². The van der Waals surface area contributed by atoms with Crippen molar-refractivity contribution in [2.45, 2.75) is 81.9 Å². The van der Waals surface area contributed by atoms with Crippen molar-refractivity contribution in [2.75, 3.05) is 38.3 Å². The first-order chi connectivity index (χ1) is 17.2. The molecule has 2 bridgehead atoms. The predicted octanol–water partition coefficient (Wildman–Crippen LogP) is 2.63. The van der Waals surface area contributed by atoms with Crippen molar-refractivity contribution in [2.24, 2.45) is 5.41 Å². The van der Waals surface area contributed by atoms with Gasteiger partial charge in [-0.3, -0.25) is 4.79 Å². The first-order valence-corrected chi connectivity index (χ1v) is 12.5. The van der Waals surface area contributed by atoms with Crippen molar-refractivity contribution in [3.8, 4) is 0 Å². The van der Waals surface area contributed by atoms with Gasteiger partial charge in [0.25, 0.3) is 0 Å². The van der Waals surface area contributed by atoms with Gasteiger partial charge in [0.15, 0.2) is 0 Å². The summed E-state index contributed by atoms with van der Waals surface area (Å²) in [6.07, 6.45) is 1.08. The van der Waals surface area contributed by atoms with E-state index in [1.54, 1.807) is 0 Å². The number of methoxy groups -OCH3 is 1. The first kappa shape index (κ1) is 23.4. The Labute approximate surface area is 205 Å². The molecule has 1 N–H and O–H groups in total. The zero-order valence-electron chi connectivity index (χ0n) is 21.0. The molecule has 3 saturated heterocycles. The Kier molecular flexibility index (Phi) is 6.34. The molecular formula is C24H34F3N5O3. The molecule has 11 heteroatoms. The van der Waals surface area contributed by atoms with Gasteiger partial charge in [-0.25, -0.2) is 9.97 Å². The maximum Gasteiger partial charge on any atom is 0.433 e. The van der Waals surface area contributed by atoms with E-state index in [1.165, 1.54) is 0 Å². The zero-order valence-corrected chi connectivity index (χ0v) is 20.0. The van der Waals surface area contributed by atoms with Gasteiger partial charge in [0.1, 0.15) is 17.8 Å². The average molecular weight is 499 g/mol. The number of carbonyl (C=O) groups is 1. The maximum absolute atomic E-state index is 13.9. The lowest BCUT2D eigenvalue weighted by atomic mass is 9.81. The standard InChI is InChI=1S/C24H34F3N5O3/c1-3-23(6-4-15(10-23)30-18-5-7-35-13-19(18)34-2)22(33)32-12-16-8-17(32)11-31(16)21-9-20(24(25,26)27)28-14-29-21/h9,14-19,30H,3-8,10-13H2,1-2H3/t15-,16+,17+,18+,19-,23+/m1/s1/i2D. The van der Waals surface area contributed by atoms with Crippen LogP contribution in [0.3, 0.4) is 0 Å². The molecule has 1 aromatic rings. The summed E-state index contributed by atoms with van der Waals surface area (Å²) in [7, 11) is -0.102. The smallest absolute Gasteiger partial charge is 0.379 e. The fourth-order valence-corrected chi connectivity index (χ4v) is 6.46. The van der Waals surface area contributed by atoms with Crippen LogP contribution in [0, 0.1) is 5.41 Å². The lowest BCUT2D eigenvalue weighted by Crippen LogP contribution is -2.54. The monoisotopic (exact) mass is 498 g/mol. The summed E-state index contributed by atoms with van der Waals surface area (Å²) in [5, 5.41) is 3.69. The van der Waals surface area contributed by atoms with Gasteiger partial charge < -0.3 is 24.6 Å². The number of rotatable bonds is 6. The molecule has 0 aromatic carbocycles. The number of halogens is 3. The quantitative estimate of drug-likeness (QED) is 0.646. The molecule has 4 heterocycles. The van der Waals surface area contributed by atoms with Crippen LogP contribution in [0.2, 0.25) is 0 Å². The van der Waals surface area contributed by atoms with Crippen molar-refractivity contribution in [3.63, 3.8) is 0 Å². The number of likely N-dealkylation sites (tertiary alicyclic amines) is 1. The Morgan fingerprint density at radius 3 is 2.91 bits per heavy atom. The van der Waals surface area contributed by atoms with Crippen LogP contribution in [-0.4, -0.2) is 84.4 Å². The number of anilines is 1. The molecule has 6 atom stereocenters. The second kappa shape index (κ2) is 9.48. The van der Waals surface area contributed by atoms with Gasteiger partial charge in [0, 0.05) is 44.9 Å². The minimum Gasteiger partial charge on any atom is -0.379 e. The number of hydrogen-bond donors (Lipinski definition) is 1. The number of amides is 1. The molecule has 0 spiro atoms. The van der Waals surface area contributed by atoms with Crippen LogP contribution in [0.25, 0.3) is 0 Å². The maximum atomic E-state index is 13.9. The molecule has 1 saturated carbocycles. The molecular weight excluding hydrogens is 463 g/mol. The second-order valence-corrected chi connectivity index (χ2v) is 10.3. The van der Waals surface area contributed by atoms with E-state index in [2.05, 4.69) is 22.2 Å². The van der Waals surface area contributed by atoms with Crippen LogP contribution in [-0.2, 0) is 20.4 Å². The summed E-state index contributed by atoms with van der Waals surface area (Å²) in [6.45, 7) is 4.20. The molecule has 3 aliphatic heterocycles. The Bertz CT molecular complexity index is 954. The van der Waals surface area contributed by atoms with Crippen LogP contribution in [0.1, 0.15) is 52.5 Å². The van der Waals surface area contributed by atoms with Crippen LogP contribution in [0.4, 0.5) is 19.0 Å². The lowest BCUT2D eigenvalue weighted by Gasteiger charge is -2.40. The third kappa shape index (κ3) is 4.62. The SMILES string of the molecule is [2H]CO[C@@H]1COCC[C@@H]1N[C@@H]1CC[C@](CC)(C(=O)N2C[C@@H]3C[C@H]2CN3c2cc(C(F)(F)F)ncn2)C1. The number of hydrogen-bond acceptors (Lipinski definition) is 7. The van der Waals surface area contributed by atoms with Gasteiger partial charge in [-0.15, -0.1) is 0 Å². The number of nitrogens with one attached hydrogen (secondary N) is 1. The third-order valence-electron chi connectivity index (χ3n) is 8.45. The van der Waals surface area contributed by atoms with Gasteiger partial charge in [-0.1, -0.05) is 6.92 Å². The molecule has 4 fully saturated rings. The van der Waals surface area contributed by atoms with E-state index >= 15 is 0 Å². The first-order valence-electron chi connectivity index (χ1n) is 13.2. The Balaban J connectivity index is 1.22. The largest absolute Gasteiger partial charge is 0.433 e. The Morgan fingerprint density at radius 2 is 2.20 bits per heavy atom. The molecule has 1 aromatic heterocycles. The van der Waals surface area contributed by atoms with Crippen LogP contribution < -0.4 is 10.2 Å². The van der Waals surface area contributed by atoms with Crippen molar-refractivity contribution < 1.29 is 28.8 Å². The minimum atomic E-state index is -4.52. The molecule has 0 radical (unpaired) electrons. The number of fused-ring (bicyclic) bond motifs is 2. The summed E-state index contributed by atoms with van der Waals surface area (Å²) in [5.74, 6) is 0.444. The van der Waals surface area contributed by atoms with Crippen LogP contribution >= 0.6 is 0 Å². The molecule has 1 amide bonds. The summed E-state index contributed by atoms with van der Waals surface area (Å²) in [5.41, 5.74) is -1.38. The van der Waals surface area contributed by atoms with E-state index in [-0.39, 0.29) is 49.1 Å². The van der Waals surface area contributed by atoms with E-state index in [9.17, 15) is 18.0 Å². The van der Waals surface area contributed by atoms with Crippen molar-refractivity contribution in [3.05, 3.63) is 18.1 Å². The van der Waals surface area contributed by atoms with E-state index in [0.717, 1.165) is 50.9 Å². The summed E-state index contributed by atoms with van der Waals surface area (Å²) >= 11 is 0. The van der Waals surface area contributed by atoms with Crippen LogP contribution in [0.5, 0.6) is 0 Å². The van der Waals surface area contributed by atoms with Crippen molar-refractivity contribution in [1.82, 2.24) is 20.2 Å². The molecule has 35 heavy (non-hydrogen) atoms. The fraction of sp³-hybridized carbons (Fsp3) is 0.792. The second-order valence-electron chi connectivity index (χ2n) is 10.3. The number of nitrogens with zero attached hydrogens (tertiary/aromatic N) is 4. The summed E-state index contributed by atoms with van der Waals surface area (Å²) < 4.78 is 57.8. The molecule has 8 nitrogen and oxygen atoms in total. The van der Waals surface area contributed by atoms with E-state index < -0.39 is 17.3 Å². The Morgan fingerprint density at radius 1 is 1.34 bits per heavy atom. The Hall–Kier alpha value is -1.98. The van der Waals surface area contributed by atoms with E-state index in [1.807, 2.05) is 9.80 Å². The highest BCUT2D eigenvalue weighted by Crippen LogP contribution is 2.46. The van der Waals surface area contributed by atoms with Crippen molar-refractivity contribution >= 4 is 11.7 Å². The minimum absolute atomic E-state index is 0.0208. The lowest BCUT2D eigenvalue weighted by molar-refractivity contribution is -0.143.